The van der Waals surface area contributed by atoms with Gasteiger partial charge in [0.25, 0.3) is 0 Å². The van der Waals surface area contributed by atoms with E-state index in [4.69, 9.17) is 0 Å². The minimum Gasteiger partial charge on any atom is -0.352 e. The lowest BCUT2D eigenvalue weighted by atomic mass is 9.89. The molecule has 23 heavy (non-hydrogen) atoms. The fraction of sp³-hybridized carbons (Fsp3) is 0.556. The molecular formula is C18H27N3O2. The maximum atomic E-state index is 12.3. The van der Waals surface area contributed by atoms with Crippen LogP contribution < -0.4 is 16.0 Å². The molecular weight excluding hydrogens is 290 g/mol. The van der Waals surface area contributed by atoms with Crippen molar-refractivity contribution in [1.82, 2.24) is 16.0 Å². The zero-order valence-corrected chi connectivity index (χ0v) is 14.0. The maximum Gasteiger partial charge on any atom is 0.315 e. The third-order valence-electron chi connectivity index (χ3n) is 4.56. The molecule has 1 aromatic rings. The van der Waals surface area contributed by atoms with Crippen molar-refractivity contribution in [3.8, 4) is 0 Å². The molecule has 1 fully saturated rings. The Morgan fingerprint density at radius 2 is 1.96 bits per heavy atom. The Morgan fingerprint density at radius 3 is 2.52 bits per heavy atom. The van der Waals surface area contributed by atoms with Gasteiger partial charge in [-0.25, -0.2) is 4.79 Å². The summed E-state index contributed by atoms with van der Waals surface area (Å²) in [5.74, 6) is 0.464. The Balaban J connectivity index is 1.94. The van der Waals surface area contributed by atoms with Crippen molar-refractivity contribution < 1.29 is 9.59 Å². The van der Waals surface area contributed by atoms with Crippen molar-refractivity contribution in [3.05, 3.63) is 35.9 Å². The molecule has 1 heterocycles. The first-order chi connectivity index (χ1) is 11.1. The molecule has 1 aliphatic heterocycles. The van der Waals surface area contributed by atoms with E-state index in [-0.39, 0.29) is 24.0 Å². The van der Waals surface area contributed by atoms with Crippen molar-refractivity contribution >= 4 is 11.9 Å². The predicted molar refractivity (Wildman–Crippen MR) is 91.0 cm³/mol. The largest absolute Gasteiger partial charge is 0.352 e. The van der Waals surface area contributed by atoms with Crippen LogP contribution in [0.3, 0.4) is 0 Å². The SMILES string of the molecule is CCC(CC)C(NC(=O)NCC1CCC(=O)N1)c1ccccc1. The molecule has 0 spiro atoms. The van der Waals surface area contributed by atoms with Crippen LogP contribution in [0.4, 0.5) is 4.79 Å². The first kappa shape index (κ1) is 17.3. The van der Waals surface area contributed by atoms with E-state index in [1.807, 2.05) is 18.2 Å². The van der Waals surface area contributed by atoms with Gasteiger partial charge in [0.1, 0.15) is 0 Å². The summed E-state index contributed by atoms with van der Waals surface area (Å²) in [5.41, 5.74) is 1.13. The van der Waals surface area contributed by atoms with E-state index < -0.39 is 0 Å². The first-order valence-corrected chi connectivity index (χ1v) is 8.52. The Kier molecular flexibility index (Phi) is 6.44. The topological polar surface area (TPSA) is 70.2 Å². The van der Waals surface area contributed by atoms with E-state index in [0.29, 0.717) is 18.9 Å². The van der Waals surface area contributed by atoms with E-state index in [0.717, 1.165) is 24.8 Å². The molecule has 126 valence electrons. The van der Waals surface area contributed by atoms with Crippen molar-refractivity contribution in [1.29, 1.82) is 0 Å². The number of hydrogen-bond acceptors (Lipinski definition) is 2. The zero-order valence-electron chi connectivity index (χ0n) is 14.0. The van der Waals surface area contributed by atoms with Crippen LogP contribution in [-0.2, 0) is 4.79 Å². The van der Waals surface area contributed by atoms with Gasteiger partial charge in [0.15, 0.2) is 0 Å². The number of amides is 3. The first-order valence-electron chi connectivity index (χ1n) is 8.52. The molecule has 1 aromatic carbocycles. The van der Waals surface area contributed by atoms with Gasteiger partial charge in [-0.1, -0.05) is 57.0 Å². The summed E-state index contributed by atoms with van der Waals surface area (Å²) in [7, 11) is 0. The average molecular weight is 317 g/mol. The molecule has 2 rings (SSSR count). The van der Waals surface area contributed by atoms with Gasteiger partial charge in [-0.15, -0.1) is 0 Å². The number of nitrogens with one attached hydrogen (secondary N) is 3. The van der Waals surface area contributed by atoms with Crippen molar-refractivity contribution in [3.63, 3.8) is 0 Å². The third kappa shape index (κ3) is 4.98. The van der Waals surface area contributed by atoms with Gasteiger partial charge in [-0.2, -0.15) is 0 Å². The van der Waals surface area contributed by atoms with Crippen LogP contribution >= 0.6 is 0 Å². The molecule has 1 aliphatic rings. The number of carbonyl (C=O) groups excluding carboxylic acids is 2. The van der Waals surface area contributed by atoms with Gasteiger partial charge in [0, 0.05) is 19.0 Å². The van der Waals surface area contributed by atoms with Crippen LogP contribution in [0.2, 0.25) is 0 Å². The molecule has 3 N–H and O–H groups in total. The molecule has 0 saturated carbocycles. The smallest absolute Gasteiger partial charge is 0.315 e. The molecule has 0 aromatic heterocycles. The molecule has 0 aliphatic carbocycles. The Morgan fingerprint density at radius 1 is 1.26 bits per heavy atom. The van der Waals surface area contributed by atoms with Crippen LogP contribution in [0.15, 0.2) is 30.3 Å². The van der Waals surface area contributed by atoms with E-state index >= 15 is 0 Å². The van der Waals surface area contributed by atoms with Crippen LogP contribution in [0.1, 0.15) is 51.1 Å². The Labute approximate surface area is 138 Å². The lowest BCUT2D eigenvalue weighted by Gasteiger charge is -2.27. The summed E-state index contributed by atoms with van der Waals surface area (Å²) in [6.07, 6.45) is 3.35. The highest BCUT2D eigenvalue weighted by molar-refractivity contribution is 5.79. The van der Waals surface area contributed by atoms with Gasteiger partial charge in [0.2, 0.25) is 5.91 Å². The monoisotopic (exact) mass is 317 g/mol. The summed E-state index contributed by atoms with van der Waals surface area (Å²) < 4.78 is 0. The summed E-state index contributed by atoms with van der Waals surface area (Å²) in [5, 5.41) is 8.85. The summed E-state index contributed by atoms with van der Waals surface area (Å²) in [6, 6.07) is 9.97. The van der Waals surface area contributed by atoms with Crippen molar-refractivity contribution in [2.24, 2.45) is 5.92 Å². The summed E-state index contributed by atoms with van der Waals surface area (Å²) >= 11 is 0. The van der Waals surface area contributed by atoms with Gasteiger partial charge in [-0.05, 0) is 17.9 Å². The molecule has 5 nitrogen and oxygen atoms in total. The highest BCUT2D eigenvalue weighted by atomic mass is 16.2. The average Bonchev–Trinajstić information content (AvgIpc) is 2.99. The van der Waals surface area contributed by atoms with Crippen LogP contribution in [0, 0.1) is 5.92 Å². The Hall–Kier alpha value is -2.04. The highest BCUT2D eigenvalue weighted by Crippen LogP contribution is 2.27. The summed E-state index contributed by atoms with van der Waals surface area (Å²) in [4.78, 5) is 23.5. The van der Waals surface area contributed by atoms with Gasteiger partial charge in [0.05, 0.1) is 6.04 Å². The number of hydrogen-bond donors (Lipinski definition) is 3. The van der Waals surface area contributed by atoms with Gasteiger partial charge in [-0.3, -0.25) is 4.79 Å². The molecule has 0 bridgehead atoms. The Bertz CT molecular complexity index is 514. The lowest BCUT2D eigenvalue weighted by molar-refractivity contribution is -0.119. The standard InChI is InChI=1S/C18H27N3O2/c1-3-13(4-2)17(14-8-6-5-7-9-14)21-18(23)19-12-15-10-11-16(22)20-15/h5-9,13,15,17H,3-4,10-12H2,1-2H3,(H,20,22)(H2,19,21,23). The molecule has 0 radical (unpaired) electrons. The molecule has 2 unspecified atom stereocenters. The van der Waals surface area contributed by atoms with E-state index in [1.165, 1.54) is 0 Å². The van der Waals surface area contributed by atoms with E-state index in [2.05, 4.69) is 41.9 Å². The van der Waals surface area contributed by atoms with Crippen molar-refractivity contribution in [2.75, 3.05) is 6.54 Å². The molecule has 3 amide bonds. The fourth-order valence-electron chi connectivity index (χ4n) is 3.13. The second kappa shape index (κ2) is 8.56. The minimum atomic E-state index is -0.174. The van der Waals surface area contributed by atoms with Crippen LogP contribution in [-0.4, -0.2) is 24.5 Å². The highest BCUT2D eigenvalue weighted by Gasteiger charge is 2.24. The van der Waals surface area contributed by atoms with E-state index in [1.54, 1.807) is 0 Å². The second-order valence-electron chi connectivity index (χ2n) is 6.12. The fourth-order valence-corrected chi connectivity index (χ4v) is 3.13. The maximum absolute atomic E-state index is 12.3. The number of benzene rings is 1. The van der Waals surface area contributed by atoms with Crippen LogP contribution in [0.5, 0.6) is 0 Å². The van der Waals surface area contributed by atoms with E-state index in [9.17, 15) is 9.59 Å². The summed E-state index contributed by atoms with van der Waals surface area (Å²) in [6.45, 7) is 4.78. The van der Waals surface area contributed by atoms with Crippen molar-refractivity contribution in [2.45, 2.75) is 51.6 Å². The molecule has 2 atom stereocenters. The lowest BCUT2D eigenvalue weighted by Crippen LogP contribution is -2.45. The normalized spacial score (nSPS) is 18.6. The molecule has 1 saturated heterocycles. The predicted octanol–water partition coefficient (Wildman–Crippen LogP) is 2.74. The zero-order chi connectivity index (χ0) is 16.7. The third-order valence-corrected chi connectivity index (χ3v) is 4.56. The van der Waals surface area contributed by atoms with Gasteiger partial charge < -0.3 is 16.0 Å². The second-order valence-corrected chi connectivity index (χ2v) is 6.12. The van der Waals surface area contributed by atoms with Crippen LogP contribution in [0.25, 0.3) is 0 Å². The minimum absolute atomic E-state index is 0.00405. The molecule has 5 heteroatoms. The number of rotatable bonds is 7. The number of urea groups is 1. The quantitative estimate of drug-likeness (QED) is 0.723. The van der Waals surface area contributed by atoms with Gasteiger partial charge >= 0.3 is 6.03 Å². The number of carbonyl (C=O) groups is 2.